The lowest BCUT2D eigenvalue weighted by atomic mass is 10.2. The van der Waals surface area contributed by atoms with E-state index >= 15 is 0 Å². The molecule has 0 aromatic heterocycles. The fourth-order valence-corrected chi connectivity index (χ4v) is 2.06. The fourth-order valence-electron chi connectivity index (χ4n) is 2.06. The molecule has 1 aliphatic rings. The Morgan fingerprint density at radius 2 is 1.85 bits per heavy atom. The van der Waals surface area contributed by atoms with Gasteiger partial charge in [-0.1, -0.05) is 13.8 Å². The van der Waals surface area contributed by atoms with Crippen molar-refractivity contribution in [2.45, 2.75) is 71.2 Å². The van der Waals surface area contributed by atoms with E-state index in [0.717, 1.165) is 0 Å². The molecule has 0 aromatic rings. The highest BCUT2D eigenvalue weighted by Gasteiger charge is 2.28. The van der Waals surface area contributed by atoms with Crippen LogP contribution >= 0.6 is 0 Å². The highest BCUT2D eigenvalue weighted by atomic mass is 16.5. The van der Waals surface area contributed by atoms with E-state index in [1.165, 1.54) is 19.3 Å². The molecule has 0 heterocycles. The lowest BCUT2D eigenvalue weighted by Gasteiger charge is -2.25. The standard InChI is InChI=1S/C11H23NO/c1-8(2)12-10-6-5-7-11(10)13-9(3)4/h8-12H,5-7H2,1-4H3/t10-,11-/m0/s1. The zero-order valence-corrected chi connectivity index (χ0v) is 9.34. The highest BCUT2D eigenvalue weighted by molar-refractivity contribution is 4.85. The Morgan fingerprint density at radius 1 is 1.15 bits per heavy atom. The third-order valence-electron chi connectivity index (χ3n) is 2.45. The van der Waals surface area contributed by atoms with Gasteiger partial charge in [0.2, 0.25) is 0 Å². The molecule has 13 heavy (non-hydrogen) atoms. The Bertz CT molecular complexity index is 129. The first-order valence-electron chi connectivity index (χ1n) is 5.51. The van der Waals surface area contributed by atoms with Gasteiger partial charge in [0, 0.05) is 12.1 Å². The quantitative estimate of drug-likeness (QED) is 0.726. The predicted octanol–water partition coefficient (Wildman–Crippen LogP) is 2.33. The van der Waals surface area contributed by atoms with Crippen LogP contribution in [0.3, 0.4) is 0 Å². The zero-order chi connectivity index (χ0) is 9.84. The number of ether oxygens (including phenoxy) is 1. The van der Waals surface area contributed by atoms with Gasteiger partial charge in [0.05, 0.1) is 12.2 Å². The van der Waals surface area contributed by atoms with Crippen molar-refractivity contribution in [1.29, 1.82) is 0 Å². The maximum Gasteiger partial charge on any atom is 0.0731 e. The number of rotatable bonds is 4. The predicted molar refractivity (Wildman–Crippen MR) is 55.9 cm³/mol. The summed E-state index contributed by atoms with van der Waals surface area (Å²) in [5.41, 5.74) is 0. The van der Waals surface area contributed by atoms with Gasteiger partial charge in [-0.15, -0.1) is 0 Å². The second kappa shape index (κ2) is 4.97. The molecule has 0 amide bonds. The average molecular weight is 185 g/mol. The SMILES string of the molecule is CC(C)N[C@H]1CCC[C@@H]1OC(C)C. The lowest BCUT2D eigenvalue weighted by molar-refractivity contribution is -0.00369. The fraction of sp³-hybridized carbons (Fsp3) is 1.00. The van der Waals surface area contributed by atoms with Crippen molar-refractivity contribution in [1.82, 2.24) is 5.32 Å². The molecule has 2 heteroatoms. The summed E-state index contributed by atoms with van der Waals surface area (Å²) in [7, 11) is 0. The van der Waals surface area contributed by atoms with E-state index in [2.05, 4.69) is 33.0 Å². The summed E-state index contributed by atoms with van der Waals surface area (Å²) in [6.45, 7) is 8.63. The minimum absolute atomic E-state index is 0.361. The van der Waals surface area contributed by atoms with Crippen LogP contribution in [0.4, 0.5) is 0 Å². The van der Waals surface area contributed by atoms with Gasteiger partial charge in [-0.05, 0) is 33.1 Å². The van der Waals surface area contributed by atoms with Gasteiger partial charge in [-0.2, -0.15) is 0 Å². The third-order valence-corrected chi connectivity index (χ3v) is 2.45. The molecule has 0 saturated heterocycles. The van der Waals surface area contributed by atoms with E-state index in [1.54, 1.807) is 0 Å². The van der Waals surface area contributed by atoms with E-state index in [-0.39, 0.29) is 0 Å². The van der Waals surface area contributed by atoms with Crippen molar-refractivity contribution in [3.8, 4) is 0 Å². The maximum atomic E-state index is 5.86. The molecule has 0 unspecified atom stereocenters. The summed E-state index contributed by atoms with van der Waals surface area (Å²) >= 11 is 0. The van der Waals surface area contributed by atoms with Gasteiger partial charge in [0.1, 0.15) is 0 Å². The van der Waals surface area contributed by atoms with Crippen molar-refractivity contribution in [2.75, 3.05) is 0 Å². The van der Waals surface area contributed by atoms with Crippen LogP contribution in [0.5, 0.6) is 0 Å². The summed E-state index contributed by atoms with van der Waals surface area (Å²) in [5, 5.41) is 3.57. The molecule has 0 spiro atoms. The summed E-state index contributed by atoms with van der Waals surface area (Å²) in [6, 6.07) is 1.16. The second-order valence-corrected chi connectivity index (χ2v) is 4.58. The van der Waals surface area contributed by atoms with E-state index in [4.69, 9.17) is 4.74 Å². The zero-order valence-electron chi connectivity index (χ0n) is 9.34. The van der Waals surface area contributed by atoms with Crippen molar-refractivity contribution in [2.24, 2.45) is 0 Å². The van der Waals surface area contributed by atoms with Crippen LogP contribution in [0.25, 0.3) is 0 Å². The normalized spacial score (nSPS) is 29.1. The van der Waals surface area contributed by atoms with E-state index < -0.39 is 0 Å². The van der Waals surface area contributed by atoms with Crippen LogP contribution in [-0.2, 0) is 4.74 Å². The Morgan fingerprint density at radius 3 is 2.38 bits per heavy atom. The number of hydrogen-bond donors (Lipinski definition) is 1. The Labute approximate surface area is 82.0 Å². The first-order chi connectivity index (χ1) is 6.09. The van der Waals surface area contributed by atoms with Gasteiger partial charge in [-0.3, -0.25) is 0 Å². The van der Waals surface area contributed by atoms with Crippen LogP contribution in [0, 0.1) is 0 Å². The molecule has 0 radical (unpaired) electrons. The summed E-state index contributed by atoms with van der Waals surface area (Å²) in [5.74, 6) is 0. The van der Waals surface area contributed by atoms with Gasteiger partial charge in [0.15, 0.2) is 0 Å². The molecular formula is C11H23NO. The molecular weight excluding hydrogens is 162 g/mol. The molecule has 1 rings (SSSR count). The maximum absolute atomic E-state index is 5.86. The van der Waals surface area contributed by atoms with Crippen LogP contribution in [0.15, 0.2) is 0 Å². The van der Waals surface area contributed by atoms with Crippen molar-refractivity contribution in [3.05, 3.63) is 0 Å². The van der Waals surface area contributed by atoms with Gasteiger partial charge < -0.3 is 10.1 Å². The van der Waals surface area contributed by atoms with Crippen molar-refractivity contribution >= 4 is 0 Å². The summed E-state index contributed by atoms with van der Waals surface area (Å²) in [6.07, 6.45) is 4.61. The van der Waals surface area contributed by atoms with E-state index in [9.17, 15) is 0 Å². The van der Waals surface area contributed by atoms with Crippen molar-refractivity contribution in [3.63, 3.8) is 0 Å². The molecule has 78 valence electrons. The minimum Gasteiger partial charge on any atom is -0.374 e. The Hall–Kier alpha value is -0.0800. The van der Waals surface area contributed by atoms with Gasteiger partial charge in [0.25, 0.3) is 0 Å². The molecule has 0 bridgehead atoms. The first-order valence-corrected chi connectivity index (χ1v) is 5.51. The van der Waals surface area contributed by atoms with E-state index in [1.807, 2.05) is 0 Å². The Kier molecular flexibility index (Phi) is 4.20. The summed E-state index contributed by atoms with van der Waals surface area (Å²) < 4.78 is 5.86. The van der Waals surface area contributed by atoms with Gasteiger partial charge >= 0.3 is 0 Å². The van der Waals surface area contributed by atoms with Crippen molar-refractivity contribution < 1.29 is 4.74 Å². The smallest absolute Gasteiger partial charge is 0.0731 e. The minimum atomic E-state index is 0.361. The molecule has 1 aliphatic carbocycles. The van der Waals surface area contributed by atoms with Crippen LogP contribution < -0.4 is 5.32 Å². The Balaban J connectivity index is 2.35. The molecule has 2 atom stereocenters. The molecule has 1 N–H and O–H groups in total. The van der Waals surface area contributed by atoms with Crippen LogP contribution in [0.1, 0.15) is 47.0 Å². The summed E-state index contributed by atoms with van der Waals surface area (Å²) in [4.78, 5) is 0. The van der Waals surface area contributed by atoms with Gasteiger partial charge in [-0.25, -0.2) is 0 Å². The lowest BCUT2D eigenvalue weighted by Crippen LogP contribution is -2.41. The average Bonchev–Trinajstić information content (AvgIpc) is 2.34. The van der Waals surface area contributed by atoms with Crippen LogP contribution in [-0.4, -0.2) is 24.3 Å². The third kappa shape index (κ3) is 3.65. The highest BCUT2D eigenvalue weighted by Crippen LogP contribution is 2.23. The number of hydrogen-bond acceptors (Lipinski definition) is 2. The molecule has 0 aromatic carbocycles. The van der Waals surface area contributed by atoms with E-state index in [0.29, 0.717) is 24.3 Å². The largest absolute Gasteiger partial charge is 0.374 e. The van der Waals surface area contributed by atoms with Crippen LogP contribution in [0.2, 0.25) is 0 Å². The number of nitrogens with one attached hydrogen (secondary N) is 1. The second-order valence-electron chi connectivity index (χ2n) is 4.58. The topological polar surface area (TPSA) is 21.3 Å². The molecule has 1 fully saturated rings. The molecule has 1 saturated carbocycles. The molecule has 0 aliphatic heterocycles. The molecule has 2 nitrogen and oxygen atoms in total. The monoisotopic (exact) mass is 185 g/mol. The first kappa shape index (κ1) is 11.0.